The van der Waals surface area contributed by atoms with E-state index in [0.717, 1.165) is 32.0 Å². The van der Waals surface area contributed by atoms with Gasteiger partial charge in [-0.2, -0.15) is 0 Å². The van der Waals surface area contributed by atoms with Crippen molar-refractivity contribution in [3.05, 3.63) is 0 Å². The summed E-state index contributed by atoms with van der Waals surface area (Å²) in [5, 5.41) is 0. The number of carbonyl (C=O) groups is 2. The summed E-state index contributed by atoms with van der Waals surface area (Å²) >= 11 is 0. The van der Waals surface area contributed by atoms with Crippen molar-refractivity contribution >= 4 is 12.3 Å². The number of nitrogens with two attached hydrogens (primary N) is 1. The van der Waals surface area contributed by atoms with Gasteiger partial charge in [0.2, 0.25) is 0 Å². The fraction of sp³-hybridized carbons (Fsp3) is 0.857. The third-order valence-electron chi connectivity index (χ3n) is 3.53. The summed E-state index contributed by atoms with van der Waals surface area (Å²) in [7, 11) is 0. The molecule has 1 saturated carbocycles. The Hall–Kier alpha value is -0.900. The maximum absolute atomic E-state index is 12.3. The van der Waals surface area contributed by atoms with Crippen molar-refractivity contribution in [3.63, 3.8) is 0 Å². The Morgan fingerprint density at radius 3 is 2.28 bits per heavy atom. The van der Waals surface area contributed by atoms with Crippen LogP contribution in [0.5, 0.6) is 0 Å². The highest BCUT2D eigenvalue weighted by Crippen LogP contribution is 2.34. The first-order valence-corrected chi connectivity index (χ1v) is 6.75. The molecule has 0 saturated heterocycles. The Labute approximate surface area is 109 Å². The van der Waals surface area contributed by atoms with Crippen LogP contribution >= 0.6 is 0 Å². The van der Waals surface area contributed by atoms with Gasteiger partial charge in [-0.1, -0.05) is 19.3 Å². The van der Waals surface area contributed by atoms with Gasteiger partial charge in [0.1, 0.15) is 17.4 Å². The van der Waals surface area contributed by atoms with Crippen LogP contribution in [0.15, 0.2) is 0 Å². The standard InChI is InChI=1S/C14H25NO3/c1-13(2,3)18-12(17)14(15,9-10-16)11-7-5-4-6-8-11/h10-11H,4-9,15H2,1-3H3. The molecule has 0 aromatic heterocycles. The predicted molar refractivity (Wildman–Crippen MR) is 70.0 cm³/mol. The van der Waals surface area contributed by atoms with Crippen LogP contribution in [0.1, 0.15) is 59.3 Å². The molecule has 1 unspecified atom stereocenters. The summed E-state index contributed by atoms with van der Waals surface area (Å²) < 4.78 is 5.39. The molecule has 104 valence electrons. The molecule has 0 aromatic rings. The molecular formula is C14H25NO3. The van der Waals surface area contributed by atoms with E-state index < -0.39 is 17.1 Å². The summed E-state index contributed by atoms with van der Waals surface area (Å²) in [5.41, 5.74) is 4.51. The normalized spacial score (nSPS) is 21.1. The number of hydrogen-bond donors (Lipinski definition) is 1. The van der Waals surface area contributed by atoms with E-state index in [4.69, 9.17) is 10.5 Å². The number of hydrogen-bond acceptors (Lipinski definition) is 4. The minimum absolute atomic E-state index is 0.0482. The van der Waals surface area contributed by atoms with Crippen LogP contribution < -0.4 is 5.73 Å². The zero-order chi connectivity index (χ0) is 13.8. The summed E-state index contributed by atoms with van der Waals surface area (Å²) in [6.45, 7) is 5.44. The van der Waals surface area contributed by atoms with Gasteiger partial charge in [0.25, 0.3) is 0 Å². The molecule has 1 fully saturated rings. The zero-order valence-corrected chi connectivity index (χ0v) is 11.7. The van der Waals surface area contributed by atoms with Gasteiger partial charge in [-0.3, -0.25) is 4.79 Å². The minimum atomic E-state index is -1.14. The predicted octanol–water partition coefficient (Wildman–Crippen LogP) is 2.19. The Morgan fingerprint density at radius 2 is 1.83 bits per heavy atom. The second-order valence-electron chi connectivity index (χ2n) is 6.25. The van der Waals surface area contributed by atoms with Gasteiger partial charge in [-0.15, -0.1) is 0 Å². The molecule has 0 radical (unpaired) electrons. The molecule has 0 bridgehead atoms. The van der Waals surface area contributed by atoms with Crippen LogP contribution in [-0.2, 0) is 14.3 Å². The third kappa shape index (κ3) is 3.80. The van der Waals surface area contributed by atoms with Crippen LogP contribution in [0.3, 0.4) is 0 Å². The highest BCUT2D eigenvalue weighted by molar-refractivity contribution is 5.84. The van der Waals surface area contributed by atoms with Gasteiger partial charge in [0.15, 0.2) is 0 Å². The number of carbonyl (C=O) groups excluding carboxylic acids is 2. The molecule has 0 spiro atoms. The van der Waals surface area contributed by atoms with Crippen molar-refractivity contribution in [1.29, 1.82) is 0 Å². The van der Waals surface area contributed by atoms with E-state index in [2.05, 4.69) is 0 Å². The number of rotatable bonds is 4. The van der Waals surface area contributed by atoms with Crippen LogP contribution in [0, 0.1) is 5.92 Å². The van der Waals surface area contributed by atoms with E-state index in [9.17, 15) is 9.59 Å². The van der Waals surface area contributed by atoms with Crippen molar-refractivity contribution in [2.75, 3.05) is 0 Å². The maximum Gasteiger partial charge on any atom is 0.327 e. The number of esters is 1. The summed E-state index contributed by atoms with van der Waals surface area (Å²) in [6.07, 6.45) is 5.93. The minimum Gasteiger partial charge on any atom is -0.459 e. The van der Waals surface area contributed by atoms with E-state index in [1.807, 2.05) is 20.8 Å². The van der Waals surface area contributed by atoms with Gasteiger partial charge in [-0.05, 0) is 39.5 Å². The summed E-state index contributed by atoms with van der Waals surface area (Å²) in [4.78, 5) is 23.1. The molecular weight excluding hydrogens is 230 g/mol. The summed E-state index contributed by atoms with van der Waals surface area (Å²) in [5.74, 6) is -0.375. The van der Waals surface area contributed by atoms with Crippen molar-refractivity contribution in [2.45, 2.75) is 70.4 Å². The van der Waals surface area contributed by atoms with Crippen molar-refractivity contribution in [3.8, 4) is 0 Å². The van der Waals surface area contributed by atoms with Crippen molar-refractivity contribution in [1.82, 2.24) is 0 Å². The van der Waals surface area contributed by atoms with Gasteiger partial charge in [0, 0.05) is 6.42 Å². The fourth-order valence-electron chi connectivity index (χ4n) is 2.55. The molecule has 0 heterocycles. The van der Waals surface area contributed by atoms with Gasteiger partial charge in [-0.25, -0.2) is 0 Å². The third-order valence-corrected chi connectivity index (χ3v) is 3.53. The molecule has 4 nitrogen and oxygen atoms in total. The largest absolute Gasteiger partial charge is 0.459 e. The first-order valence-electron chi connectivity index (χ1n) is 6.75. The Morgan fingerprint density at radius 1 is 1.28 bits per heavy atom. The molecule has 18 heavy (non-hydrogen) atoms. The maximum atomic E-state index is 12.3. The van der Waals surface area contributed by atoms with Crippen molar-refractivity contribution in [2.24, 2.45) is 11.7 Å². The summed E-state index contributed by atoms with van der Waals surface area (Å²) in [6, 6.07) is 0. The molecule has 4 heteroatoms. The molecule has 1 rings (SSSR count). The molecule has 0 aromatic carbocycles. The van der Waals surface area contributed by atoms with E-state index in [-0.39, 0.29) is 12.3 Å². The fourth-order valence-corrected chi connectivity index (χ4v) is 2.55. The Kier molecular flexibility index (Phi) is 4.91. The lowest BCUT2D eigenvalue weighted by Crippen LogP contribution is -2.57. The molecule has 2 N–H and O–H groups in total. The SMILES string of the molecule is CC(C)(C)OC(=O)C(N)(CC=O)C1CCCCC1. The van der Waals surface area contributed by atoms with Crippen LogP contribution in [-0.4, -0.2) is 23.4 Å². The zero-order valence-electron chi connectivity index (χ0n) is 11.7. The smallest absolute Gasteiger partial charge is 0.327 e. The van der Waals surface area contributed by atoms with Gasteiger partial charge < -0.3 is 15.3 Å². The van der Waals surface area contributed by atoms with Gasteiger partial charge >= 0.3 is 5.97 Å². The lowest BCUT2D eigenvalue weighted by atomic mass is 9.73. The van der Waals surface area contributed by atoms with E-state index in [1.54, 1.807) is 0 Å². The van der Waals surface area contributed by atoms with Crippen LogP contribution in [0.25, 0.3) is 0 Å². The Bertz CT molecular complexity index is 303. The van der Waals surface area contributed by atoms with E-state index in [0.29, 0.717) is 0 Å². The van der Waals surface area contributed by atoms with Gasteiger partial charge in [0.05, 0.1) is 0 Å². The topological polar surface area (TPSA) is 69.4 Å². The van der Waals surface area contributed by atoms with Crippen LogP contribution in [0.4, 0.5) is 0 Å². The average Bonchev–Trinajstić information content (AvgIpc) is 2.28. The van der Waals surface area contributed by atoms with E-state index in [1.165, 1.54) is 6.42 Å². The lowest BCUT2D eigenvalue weighted by Gasteiger charge is -2.38. The second-order valence-corrected chi connectivity index (χ2v) is 6.25. The number of aldehydes is 1. The number of ether oxygens (including phenoxy) is 1. The lowest BCUT2D eigenvalue weighted by molar-refractivity contribution is -0.165. The molecule has 1 aliphatic rings. The van der Waals surface area contributed by atoms with E-state index >= 15 is 0 Å². The first kappa shape index (κ1) is 15.2. The van der Waals surface area contributed by atoms with Crippen LogP contribution in [0.2, 0.25) is 0 Å². The quantitative estimate of drug-likeness (QED) is 0.617. The highest BCUT2D eigenvalue weighted by atomic mass is 16.6. The molecule has 0 amide bonds. The molecule has 1 aliphatic carbocycles. The first-order chi connectivity index (χ1) is 8.29. The average molecular weight is 255 g/mol. The van der Waals surface area contributed by atoms with Crippen molar-refractivity contribution < 1.29 is 14.3 Å². The Balaban J connectivity index is 2.83. The monoisotopic (exact) mass is 255 g/mol. The highest BCUT2D eigenvalue weighted by Gasteiger charge is 2.44. The molecule has 1 atom stereocenters. The second kappa shape index (κ2) is 5.83. The molecule has 0 aliphatic heterocycles.